The first kappa shape index (κ1) is 19.0. The first-order valence-corrected chi connectivity index (χ1v) is 9.14. The van der Waals surface area contributed by atoms with Crippen LogP contribution < -0.4 is 5.32 Å². The fourth-order valence-electron chi connectivity index (χ4n) is 3.34. The second-order valence-corrected chi connectivity index (χ2v) is 6.67. The van der Waals surface area contributed by atoms with E-state index in [1.807, 2.05) is 25.4 Å². The second kappa shape index (κ2) is 8.26. The average Bonchev–Trinajstić information content (AvgIpc) is 3.19. The number of carbonyl (C=O) groups is 1. The van der Waals surface area contributed by atoms with Crippen molar-refractivity contribution < 1.29 is 9.53 Å². The van der Waals surface area contributed by atoms with Gasteiger partial charge >= 0.3 is 6.03 Å². The van der Waals surface area contributed by atoms with E-state index in [-0.39, 0.29) is 6.03 Å². The van der Waals surface area contributed by atoms with Crippen LogP contribution in [-0.2, 0) is 24.9 Å². The summed E-state index contributed by atoms with van der Waals surface area (Å²) in [5, 5.41) is 8.31. The number of hydrogen-bond acceptors (Lipinski definition) is 3. The number of fused-ring (bicyclic) bond motifs is 1. The number of nitrogens with one attached hydrogen (secondary N) is 1. The molecule has 0 aliphatic rings. The van der Waals surface area contributed by atoms with E-state index >= 15 is 0 Å². The number of ether oxygens (including phenoxy) is 1. The molecular weight excluding hydrogens is 342 g/mol. The molecule has 0 atom stereocenters. The van der Waals surface area contributed by atoms with E-state index < -0.39 is 0 Å². The lowest BCUT2D eigenvalue weighted by molar-refractivity contribution is 0.153. The molecule has 3 aromatic rings. The Labute approximate surface area is 159 Å². The standard InChI is InChI=1S/C20H27N5O2/c1-5-25-15(2)10-17-11-18(6-7-19(17)25)22-20(26)24(8-9-27-4)14-16-12-21-23(3)13-16/h6-7,10-13H,5,8-9,14H2,1-4H3,(H,22,26). The molecule has 0 saturated heterocycles. The van der Waals surface area contributed by atoms with Crippen LogP contribution in [0, 0.1) is 6.92 Å². The van der Waals surface area contributed by atoms with E-state index in [1.54, 1.807) is 22.9 Å². The summed E-state index contributed by atoms with van der Waals surface area (Å²) in [5.41, 5.74) is 4.16. The number of anilines is 1. The van der Waals surface area contributed by atoms with Crippen molar-refractivity contribution >= 4 is 22.6 Å². The zero-order chi connectivity index (χ0) is 19.4. The van der Waals surface area contributed by atoms with Gasteiger partial charge in [-0.25, -0.2) is 4.79 Å². The summed E-state index contributed by atoms with van der Waals surface area (Å²) in [6.07, 6.45) is 3.69. The van der Waals surface area contributed by atoms with E-state index in [9.17, 15) is 4.79 Å². The van der Waals surface area contributed by atoms with Gasteiger partial charge in [-0.05, 0) is 38.1 Å². The van der Waals surface area contributed by atoms with Crippen molar-refractivity contribution in [3.8, 4) is 0 Å². The van der Waals surface area contributed by atoms with Gasteiger partial charge in [0.2, 0.25) is 0 Å². The Balaban J connectivity index is 1.76. The van der Waals surface area contributed by atoms with Crippen LogP contribution in [0.3, 0.4) is 0 Å². The highest BCUT2D eigenvalue weighted by Gasteiger charge is 2.15. The molecule has 2 heterocycles. The van der Waals surface area contributed by atoms with Crippen LogP contribution in [0.15, 0.2) is 36.7 Å². The molecule has 0 radical (unpaired) electrons. The van der Waals surface area contributed by atoms with Gasteiger partial charge in [0.05, 0.1) is 19.3 Å². The van der Waals surface area contributed by atoms with Gasteiger partial charge in [-0.15, -0.1) is 0 Å². The topological polar surface area (TPSA) is 64.3 Å². The van der Waals surface area contributed by atoms with Crippen LogP contribution in [0.2, 0.25) is 0 Å². The largest absolute Gasteiger partial charge is 0.383 e. The van der Waals surface area contributed by atoms with Gasteiger partial charge in [0.25, 0.3) is 0 Å². The minimum Gasteiger partial charge on any atom is -0.383 e. The third-order valence-electron chi connectivity index (χ3n) is 4.66. The Morgan fingerprint density at radius 3 is 2.81 bits per heavy atom. The quantitative estimate of drug-likeness (QED) is 0.694. The SMILES string of the molecule is CCn1c(C)cc2cc(NC(=O)N(CCOC)Cc3cnn(C)c3)ccc21. The van der Waals surface area contributed by atoms with Gasteiger partial charge in [0.1, 0.15) is 0 Å². The molecule has 0 unspecified atom stereocenters. The van der Waals surface area contributed by atoms with Crippen LogP contribution in [0.25, 0.3) is 10.9 Å². The lowest BCUT2D eigenvalue weighted by Crippen LogP contribution is -2.36. The fourth-order valence-corrected chi connectivity index (χ4v) is 3.34. The van der Waals surface area contributed by atoms with Crippen LogP contribution >= 0.6 is 0 Å². The Kier molecular flexibility index (Phi) is 5.81. The van der Waals surface area contributed by atoms with Gasteiger partial charge in [-0.2, -0.15) is 5.10 Å². The molecule has 144 valence electrons. The Morgan fingerprint density at radius 2 is 2.15 bits per heavy atom. The normalized spacial score (nSPS) is 11.1. The zero-order valence-corrected chi connectivity index (χ0v) is 16.4. The molecule has 2 amide bonds. The number of aryl methyl sites for hydroxylation is 3. The number of rotatable bonds is 7. The molecule has 0 aliphatic carbocycles. The van der Waals surface area contributed by atoms with Crippen molar-refractivity contribution in [3.05, 3.63) is 47.9 Å². The zero-order valence-electron chi connectivity index (χ0n) is 16.4. The molecule has 0 bridgehead atoms. The molecule has 1 N–H and O–H groups in total. The number of hydrogen-bond donors (Lipinski definition) is 1. The molecule has 1 aromatic carbocycles. The summed E-state index contributed by atoms with van der Waals surface area (Å²) in [4.78, 5) is 14.6. The monoisotopic (exact) mass is 369 g/mol. The molecule has 7 nitrogen and oxygen atoms in total. The van der Waals surface area contributed by atoms with Crippen molar-refractivity contribution in [3.63, 3.8) is 0 Å². The first-order chi connectivity index (χ1) is 13.0. The summed E-state index contributed by atoms with van der Waals surface area (Å²) in [6, 6.07) is 8.02. The van der Waals surface area contributed by atoms with Crippen LogP contribution in [0.5, 0.6) is 0 Å². The molecule has 3 rings (SSSR count). The van der Waals surface area contributed by atoms with Crippen molar-refractivity contribution in [2.24, 2.45) is 7.05 Å². The minimum atomic E-state index is -0.151. The number of amides is 2. The molecule has 0 spiro atoms. The molecular formula is C20H27N5O2. The van der Waals surface area contributed by atoms with Crippen molar-refractivity contribution in [2.45, 2.75) is 26.9 Å². The third kappa shape index (κ3) is 4.31. The number of methoxy groups -OCH3 is 1. The number of urea groups is 1. The second-order valence-electron chi connectivity index (χ2n) is 6.67. The maximum absolute atomic E-state index is 12.8. The summed E-state index contributed by atoms with van der Waals surface area (Å²) < 4.78 is 9.15. The molecule has 0 fully saturated rings. The maximum atomic E-state index is 12.8. The fraction of sp³-hybridized carbons (Fsp3) is 0.400. The van der Waals surface area contributed by atoms with Crippen LogP contribution in [0.1, 0.15) is 18.2 Å². The number of carbonyl (C=O) groups excluding carboxylic acids is 1. The number of aromatic nitrogens is 3. The van der Waals surface area contributed by atoms with Crippen molar-refractivity contribution in [1.29, 1.82) is 0 Å². The lowest BCUT2D eigenvalue weighted by atomic mass is 10.2. The Hall–Kier alpha value is -2.80. The minimum absolute atomic E-state index is 0.151. The number of nitrogens with zero attached hydrogens (tertiary/aromatic N) is 4. The van der Waals surface area contributed by atoms with Gasteiger partial charge in [0, 0.05) is 61.3 Å². The summed E-state index contributed by atoms with van der Waals surface area (Å²) in [6.45, 7) is 6.62. The Bertz CT molecular complexity index is 928. The van der Waals surface area contributed by atoms with E-state index in [0.717, 1.165) is 23.2 Å². The smallest absolute Gasteiger partial charge is 0.322 e. The van der Waals surface area contributed by atoms with Crippen LogP contribution in [-0.4, -0.2) is 45.5 Å². The van der Waals surface area contributed by atoms with Gasteiger partial charge in [0.15, 0.2) is 0 Å². The average molecular weight is 369 g/mol. The molecule has 0 saturated carbocycles. The third-order valence-corrected chi connectivity index (χ3v) is 4.66. The predicted octanol–water partition coefficient (Wildman–Crippen LogP) is 3.38. The lowest BCUT2D eigenvalue weighted by Gasteiger charge is -2.22. The molecule has 27 heavy (non-hydrogen) atoms. The van der Waals surface area contributed by atoms with Crippen LogP contribution in [0.4, 0.5) is 10.5 Å². The molecule has 7 heteroatoms. The van der Waals surface area contributed by atoms with Gasteiger partial charge in [-0.3, -0.25) is 4.68 Å². The highest BCUT2D eigenvalue weighted by molar-refractivity contribution is 5.93. The van der Waals surface area contributed by atoms with Gasteiger partial charge in [-0.1, -0.05) is 0 Å². The first-order valence-electron chi connectivity index (χ1n) is 9.14. The van der Waals surface area contributed by atoms with E-state index in [1.165, 1.54) is 11.2 Å². The molecule has 2 aromatic heterocycles. The van der Waals surface area contributed by atoms with E-state index in [2.05, 4.69) is 41.0 Å². The Morgan fingerprint density at radius 1 is 1.33 bits per heavy atom. The predicted molar refractivity (Wildman–Crippen MR) is 107 cm³/mol. The summed E-state index contributed by atoms with van der Waals surface area (Å²) >= 11 is 0. The van der Waals surface area contributed by atoms with Crippen molar-refractivity contribution in [1.82, 2.24) is 19.2 Å². The number of benzene rings is 1. The van der Waals surface area contributed by atoms with Gasteiger partial charge < -0.3 is 19.5 Å². The van der Waals surface area contributed by atoms with Crippen molar-refractivity contribution in [2.75, 3.05) is 25.6 Å². The summed E-state index contributed by atoms with van der Waals surface area (Å²) in [7, 11) is 3.50. The highest BCUT2D eigenvalue weighted by atomic mass is 16.5. The molecule has 0 aliphatic heterocycles. The summed E-state index contributed by atoms with van der Waals surface area (Å²) in [5.74, 6) is 0. The van der Waals surface area contributed by atoms with E-state index in [0.29, 0.717) is 19.7 Å². The maximum Gasteiger partial charge on any atom is 0.322 e. The van der Waals surface area contributed by atoms with E-state index in [4.69, 9.17) is 4.74 Å². The highest BCUT2D eigenvalue weighted by Crippen LogP contribution is 2.23.